The van der Waals surface area contributed by atoms with Crippen molar-refractivity contribution < 1.29 is 4.79 Å². The third kappa shape index (κ3) is 3.29. The summed E-state index contributed by atoms with van der Waals surface area (Å²) in [4.78, 5) is 14.9. The van der Waals surface area contributed by atoms with E-state index in [9.17, 15) is 4.79 Å². The molecule has 2 fully saturated rings. The Morgan fingerprint density at radius 3 is 2.12 bits per heavy atom. The molecule has 2 aromatic rings. The highest BCUT2D eigenvalue weighted by molar-refractivity contribution is 5.86. The first-order chi connectivity index (χ1) is 11.8. The summed E-state index contributed by atoms with van der Waals surface area (Å²) in [5.74, 6) is 1.08. The van der Waals surface area contributed by atoms with Crippen LogP contribution in [0.15, 0.2) is 60.7 Å². The van der Waals surface area contributed by atoms with Crippen LogP contribution in [0.25, 0.3) is 0 Å². The zero-order valence-corrected chi connectivity index (χ0v) is 14.1. The van der Waals surface area contributed by atoms with Gasteiger partial charge in [-0.05, 0) is 42.7 Å². The minimum Gasteiger partial charge on any atom is -0.298 e. The van der Waals surface area contributed by atoms with E-state index in [1.807, 2.05) is 0 Å². The van der Waals surface area contributed by atoms with E-state index in [1.165, 1.54) is 17.5 Å². The van der Waals surface area contributed by atoms with E-state index < -0.39 is 0 Å². The van der Waals surface area contributed by atoms with E-state index in [2.05, 4.69) is 65.6 Å². The summed E-state index contributed by atoms with van der Waals surface area (Å²) >= 11 is 0. The number of Topliss-reactive ketones (excluding diaryl/α,β-unsaturated/α-hetero) is 1. The average molecular weight is 319 g/mol. The Labute approximate surface area is 144 Å². The lowest BCUT2D eigenvalue weighted by atomic mass is 9.80. The van der Waals surface area contributed by atoms with Crippen molar-refractivity contribution in [3.05, 3.63) is 71.8 Å². The summed E-state index contributed by atoms with van der Waals surface area (Å²) in [7, 11) is 0. The molecule has 4 rings (SSSR count). The number of carbonyl (C=O) groups excluding carboxylic acids is 1. The second-order valence-corrected chi connectivity index (χ2v) is 7.34. The highest BCUT2D eigenvalue weighted by Crippen LogP contribution is 2.35. The predicted octanol–water partition coefficient (Wildman–Crippen LogP) is 3.89. The van der Waals surface area contributed by atoms with Gasteiger partial charge in [-0.25, -0.2) is 0 Å². The average Bonchev–Trinajstić information content (AvgIpc) is 2.98. The van der Waals surface area contributed by atoms with Crippen molar-refractivity contribution >= 4 is 5.78 Å². The maximum atomic E-state index is 12.4. The standard InChI is InChI=1S/C22H25NO/c24-22-11-12-23-20(14-18-9-5-2-6-10-18)15-19(16-21(22)23)13-17-7-3-1-4-8-17/h1-10,19-21H,11-16H2. The Bertz CT molecular complexity index is 682. The van der Waals surface area contributed by atoms with Crippen LogP contribution in [0.3, 0.4) is 0 Å². The molecular weight excluding hydrogens is 294 g/mol. The Kier molecular flexibility index (Phi) is 4.48. The van der Waals surface area contributed by atoms with Crippen LogP contribution >= 0.6 is 0 Å². The van der Waals surface area contributed by atoms with Crippen LogP contribution in [0.2, 0.25) is 0 Å². The fourth-order valence-corrected chi connectivity index (χ4v) is 4.58. The van der Waals surface area contributed by atoms with E-state index >= 15 is 0 Å². The molecule has 2 nitrogen and oxygen atoms in total. The molecule has 2 heteroatoms. The van der Waals surface area contributed by atoms with Gasteiger partial charge in [-0.2, -0.15) is 0 Å². The smallest absolute Gasteiger partial charge is 0.151 e. The lowest BCUT2D eigenvalue weighted by Crippen LogP contribution is -2.49. The summed E-state index contributed by atoms with van der Waals surface area (Å²) in [5, 5.41) is 0. The first kappa shape index (κ1) is 15.6. The van der Waals surface area contributed by atoms with Crippen LogP contribution in [-0.2, 0) is 17.6 Å². The van der Waals surface area contributed by atoms with Gasteiger partial charge in [0.05, 0.1) is 6.04 Å². The van der Waals surface area contributed by atoms with Gasteiger partial charge in [0.2, 0.25) is 0 Å². The van der Waals surface area contributed by atoms with E-state index in [0.29, 0.717) is 17.7 Å². The Morgan fingerprint density at radius 1 is 0.833 bits per heavy atom. The molecule has 0 bridgehead atoms. The normalized spacial score (nSPS) is 27.2. The first-order valence-electron chi connectivity index (χ1n) is 9.16. The third-order valence-electron chi connectivity index (χ3n) is 5.70. The number of rotatable bonds is 4. The third-order valence-corrected chi connectivity index (χ3v) is 5.70. The number of fused-ring (bicyclic) bond motifs is 1. The fourth-order valence-electron chi connectivity index (χ4n) is 4.58. The molecule has 0 spiro atoms. The minimum absolute atomic E-state index is 0.168. The number of ketones is 1. The number of hydrogen-bond acceptors (Lipinski definition) is 2. The lowest BCUT2D eigenvalue weighted by molar-refractivity contribution is -0.121. The van der Waals surface area contributed by atoms with Gasteiger partial charge >= 0.3 is 0 Å². The predicted molar refractivity (Wildman–Crippen MR) is 96.9 cm³/mol. The first-order valence-corrected chi connectivity index (χ1v) is 9.16. The molecule has 0 aromatic heterocycles. The van der Waals surface area contributed by atoms with Gasteiger partial charge in [-0.1, -0.05) is 60.7 Å². The van der Waals surface area contributed by atoms with Gasteiger partial charge in [0, 0.05) is 19.0 Å². The Morgan fingerprint density at radius 2 is 1.46 bits per heavy atom. The van der Waals surface area contributed by atoms with Crippen molar-refractivity contribution in [3.8, 4) is 0 Å². The minimum atomic E-state index is 0.168. The monoisotopic (exact) mass is 319 g/mol. The van der Waals surface area contributed by atoms with Gasteiger partial charge in [-0.15, -0.1) is 0 Å². The summed E-state index contributed by atoms with van der Waals surface area (Å²) in [6.07, 6.45) is 5.15. The molecular formula is C22H25NO. The van der Waals surface area contributed by atoms with E-state index in [1.54, 1.807) is 0 Å². The number of carbonyl (C=O) groups is 1. The summed E-state index contributed by atoms with van der Waals surface area (Å²) in [6.45, 7) is 0.957. The van der Waals surface area contributed by atoms with Crippen molar-refractivity contribution in [2.24, 2.45) is 5.92 Å². The number of hydrogen-bond donors (Lipinski definition) is 0. The van der Waals surface area contributed by atoms with Crippen LogP contribution in [-0.4, -0.2) is 29.3 Å². The summed E-state index contributed by atoms with van der Waals surface area (Å²) in [5.41, 5.74) is 2.79. The summed E-state index contributed by atoms with van der Waals surface area (Å²) in [6, 6.07) is 22.2. The molecule has 124 valence electrons. The second-order valence-electron chi connectivity index (χ2n) is 7.34. The molecule has 0 aliphatic carbocycles. The van der Waals surface area contributed by atoms with Crippen LogP contribution in [0.4, 0.5) is 0 Å². The largest absolute Gasteiger partial charge is 0.298 e. The molecule has 0 N–H and O–H groups in total. The van der Waals surface area contributed by atoms with E-state index in [4.69, 9.17) is 0 Å². The van der Waals surface area contributed by atoms with E-state index in [0.717, 1.165) is 32.2 Å². The van der Waals surface area contributed by atoms with Crippen LogP contribution in [0.1, 0.15) is 30.4 Å². The molecule has 2 saturated heterocycles. The number of nitrogens with zero attached hydrogens (tertiary/aromatic N) is 1. The molecule has 0 saturated carbocycles. The zero-order chi connectivity index (χ0) is 16.4. The number of piperidine rings is 1. The molecule has 2 aliphatic rings. The van der Waals surface area contributed by atoms with Crippen molar-refractivity contribution in [1.82, 2.24) is 4.90 Å². The molecule has 3 atom stereocenters. The fraction of sp³-hybridized carbons (Fsp3) is 0.409. The Balaban J connectivity index is 1.52. The lowest BCUT2D eigenvalue weighted by Gasteiger charge is -2.41. The van der Waals surface area contributed by atoms with Crippen molar-refractivity contribution in [1.29, 1.82) is 0 Å². The maximum absolute atomic E-state index is 12.4. The van der Waals surface area contributed by atoms with E-state index in [-0.39, 0.29) is 6.04 Å². The van der Waals surface area contributed by atoms with Crippen LogP contribution in [0.5, 0.6) is 0 Å². The van der Waals surface area contributed by atoms with Crippen molar-refractivity contribution in [3.63, 3.8) is 0 Å². The molecule has 3 unspecified atom stereocenters. The Hall–Kier alpha value is -1.93. The summed E-state index contributed by atoms with van der Waals surface area (Å²) < 4.78 is 0. The highest BCUT2D eigenvalue weighted by atomic mass is 16.1. The van der Waals surface area contributed by atoms with Crippen molar-refractivity contribution in [2.75, 3.05) is 6.54 Å². The molecule has 0 radical (unpaired) electrons. The zero-order valence-electron chi connectivity index (χ0n) is 14.1. The second kappa shape index (κ2) is 6.90. The quantitative estimate of drug-likeness (QED) is 0.852. The van der Waals surface area contributed by atoms with Gasteiger partial charge in [0.15, 0.2) is 5.78 Å². The number of benzene rings is 2. The van der Waals surface area contributed by atoms with Gasteiger partial charge < -0.3 is 0 Å². The van der Waals surface area contributed by atoms with Gasteiger partial charge in [0.25, 0.3) is 0 Å². The maximum Gasteiger partial charge on any atom is 0.151 e. The van der Waals surface area contributed by atoms with Crippen molar-refractivity contribution in [2.45, 2.75) is 44.2 Å². The SMILES string of the molecule is O=C1CCN2C(Cc3ccccc3)CC(Cc3ccccc3)CC12. The van der Waals surface area contributed by atoms with Gasteiger partial charge in [-0.3, -0.25) is 9.69 Å². The molecule has 2 aliphatic heterocycles. The van der Waals surface area contributed by atoms with Crippen LogP contribution in [0, 0.1) is 5.92 Å². The topological polar surface area (TPSA) is 20.3 Å². The van der Waals surface area contributed by atoms with Gasteiger partial charge in [0.1, 0.15) is 0 Å². The molecule has 2 heterocycles. The molecule has 0 amide bonds. The van der Waals surface area contributed by atoms with Crippen LogP contribution < -0.4 is 0 Å². The molecule has 2 aromatic carbocycles. The highest BCUT2D eigenvalue weighted by Gasteiger charge is 2.42. The molecule has 24 heavy (non-hydrogen) atoms.